The standard InChI is InChI=1S/C11H13N3O3/c1-4-17-11(15)9-13-8-7(14(9)2)5-6-12-10(8)16-3/h5-6H,4H2,1-3H3. The number of pyridine rings is 1. The number of aromatic nitrogens is 3. The molecule has 0 aliphatic rings. The Bertz CT molecular complexity index is 562. The van der Waals surface area contributed by atoms with Crippen LogP contribution in [0.1, 0.15) is 17.5 Å². The third kappa shape index (κ3) is 1.82. The first-order chi connectivity index (χ1) is 8.19. The van der Waals surface area contributed by atoms with E-state index in [4.69, 9.17) is 9.47 Å². The smallest absolute Gasteiger partial charge is 0.374 e. The summed E-state index contributed by atoms with van der Waals surface area (Å²) < 4.78 is 11.7. The van der Waals surface area contributed by atoms with Gasteiger partial charge in [0.1, 0.15) is 0 Å². The van der Waals surface area contributed by atoms with E-state index in [1.807, 2.05) is 0 Å². The second-order valence-corrected chi connectivity index (χ2v) is 3.40. The maximum Gasteiger partial charge on any atom is 0.374 e. The minimum Gasteiger partial charge on any atom is -0.479 e. The van der Waals surface area contributed by atoms with E-state index in [0.717, 1.165) is 5.52 Å². The third-order valence-electron chi connectivity index (χ3n) is 2.42. The first-order valence-electron chi connectivity index (χ1n) is 5.21. The maximum atomic E-state index is 11.7. The van der Waals surface area contributed by atoms with Crippen LogP contribution in [0.2, 0.25) is 0 Å². The van der Waals surface area contributed by atoms with E-state index in [2.05, 4.69) is 9.97 Å². The molecule has 0 aliphatic carbocycles. The van der Waals surface area contributed by atoms with Crippen LogP contribution in [0.3, 0.4) is 0 Å². The Kier molecular flexibility index (Phi) is 2.95. The molecule has 0 aromatic carbocycles. The number of hydrogen-bond acceptors (Lipinski definition) is 5. The van der Waals surface area contributed by atoms with Gasteiger partial charge in [0.05, 0.1) is 19.2 Å². The molecule has 6 heteroatoms. The van der Waals surface area contributed by atoms with Gasteiger partial charge in [-0.1, -0.05) is 0 Å². The number of carbonyl (C=O) groups is 1. The van der Waals surface area contributed by atoms with Crippen LogP contribution in [-0.2, 0) is 11.8 Å². The van der Waals surface area contributed by atoms with Crippen molar-refractivity contribution in [3.05, 3.63) is 18.1 Å². The van der Waals surface area contributed by atoms with Gasteiger partial charge in [-0.05, 0) is 13.0 Å². The Morgan fingerprint density at radius 2 is 2.29 bits per heavy atom. The molecule has 0 N–H and O–H groups in total. The van der Waals surface area contributed by atoms with E-state index in [1.54, 1.807) is 30.8 Å². The van der Waals surface area contributed by atoms with Crippen molar-refractivity contribution in [1.29, 1.82) is 0 Å². The van der Waals surface area contributed by atoms with Gasteiger partial charge in [0, 0.05) is 13.2 Å². The van der Waals surface area contributed by atoms with Gasteiger partial charge >= 0.3 is 5.97 Å². The Balaban J connectivity index is 2.60. The van der Waals surface area contributed by atoms with Crippen molar-refractivity contribution in [2.75, 3.05) is 13.7 Å². The second kappa shape index (κ2) is 4.40. The van der Waals surface area contributed by atoms with E-state index in [9.17, 15) is 4.79 Å². The molecular formula is C11H13N3O3. The number of rotatable bonds is 3. The molecule has 0 aliphatic heterocycles. The van der Waals surface area contributed by atoms with E-state index in [1.165, 1.54) is 7.11 Å². The fraction of sp³-hybridized carbons (Fsp3) is 0.364. The molecule has 0 amide bonds. The summed E-state index contributed by atoms with van der Waals surface area (Å²) in [5.41, 5.74) is 1.33. The monoisotopic (exact) mass is 235 g/mol. The SMILES string of the molecule is CCOC(=O)c1nc2c(OC)nccc2n1C. The van der Waals surface area contributed by atoms with Gasteiger partial charge in [0.2, 0.25) is 11.7 Å². The lowest BCUT2D eigenvalue weighted by Crippen LogP contribution is -2.11. The van der Waals surface area contributed by atoms with Crippen LogP contribution in [0.15, 0.2) is 12.3 Å². The summed E-state index contributed by atoms with van der Waals surface area (Å²) in [4.78, 5) is 19.9. The predicted molar refractivity (Wildman–Crippen MR) is 61.0 cm³/mol. The molecule has 0 radical (unpaired) electrons. The Labute approximate surface area is 98.2 Å². The van der Waals surface area contributed by atoms with Crippen LogP contribution >= 0.6 is 0 Å². The summed E-state index contributed by atoms with van der Waals surface area (Å²) >= 11 is 0. The minimum atomic E-state index is -0.451. The Morgan fingerprint density at radius 3 is 2.94 bits per heavy atom. The summed E-state index contributed by atoms with van der Waals surface area (Å²) in [7, 11) is 3.27. The van der Waals surface area contributed by atoms with Crippen molar-refractivity contribution in [2.45, 2.75) is 6.92 Å². The predicted octanol–water partition coefficient (Wildman–Crippen LogP) is 1.15. The van der Waals surface area contributed by atoms with E-state index in [-0.39, 0.29) is 5.82 Å². The first-order valence-corrected chi connectivity index (χ1v) is 5.21. The van der Waals surface area contributed by atoms with Gasteiger partial charge in [-0.25, -0.2) is 14.8 Å². The normalized spacial score (nSPS) is 10.5. The average Bonchev–Trinajstić information content (AvgIpc) is 2.67. The molecule has 90 valence electrons. The zero-order valence-corrected chi connectivity index (χ0v) is 9.93. The third-order valence-corrected chi connectivity index (χ3v) is 2.42. The van der Waals surface area contributed by atoms with Crippen molar-refractivity contribution >= 4 is 17.0 Å². The van der Waals surface area contributed by atoms with Crippen molar-refractivity contribution in [3.8, 4) is 5.88 Å². The molecule has 17 heavy (non-hydrogen) atoms. The number of methoxy groups -OCH3 is 1. The number of ether oxygens (including phenoxy) is 2. The molecule has 0 saturated heterocycles. The molecule has 6 nitrogen and oxygen atoms in total. The largest absolute Gasteiger partial charge is 0.479 e. The minimum absolute atomic E-state index is 0.244. The molecule has 2 aromatic rings. The van der Waals surface area contributed by atoms with Crippen molar-refractivity contribution in [2.24, 2.45) is 7.05 Å². The van der Waals surface area contributed by atoms with Crippen LogP contribution in [0.4, 0.5) is 0 Å². The van der Waals surface area contributed by atoms with E-state index in [0.29, 0.717) is 18.0 Å². The molecule has 2 aromatic heterocycles. The molecule has 0 bridgehead atoms. The lowest BCUT2D eigenvalue weighted by Gasteiger charge is -2.01. The van der Waals surface area contributed by atoms with Gasteiger partial charge in [0.25, 0.3) is 0 Å². The zero-order valence-electron chi connectivity index (χ0n) is 9.93. The van der Waals surface area contributed by atoms with Gasteiger partial charge in [0.15, 0.2) is 5.52 Å². The number of aryl methyl sites for hydroxylation is 1. The number of imidazole rings is 1. The van der Waals surface area contributed by atoms with Crippen LogP contribution in [0.25, 0.3) is 11.0 Å². The molecule has 2 rings (SSSR count). The lowest BCUT2D eigenvalue weighted by atomic mass is 10.4. The number of fused-ring (bicyclic) bond motifs is 1. The molecule has 0 unspecified atom stereocenters. The fourth-order valence-electron chi connectivity index (χ4n) is 1.62. The van der Waals surface area contributed by atoms with Gasteiger partial charge in [-0.3, -0.25) is 0 Å². The average molecular weight is 235 g/mol. The first kappa shape index (κ1) is 11.4. The Hall–Kier alpha value is -2.11. The number of hydrogen-bond donors (Lipinski definition) is 0. The van der Waals surface area contributed by atoms with Gasteiger partial charge in [-0.15, -0.1) is 0 Å². The second-order valence-electron chi connectivity index (χ2n) is 3.40. The summed E-state index contributed by atoms with van der Waals surface area (Å²) in [5.74, 6) is 0.190. The fourth-order valence-corrected chi connectivity index (χ4v) is 1.62. The van der Waals surface area contributed by atoms with Gasteiger partial charge in [-0.2, -0.15) is 0 Å². The summed E-state index contributed by atoms with van der Waals surface area (Å²) in [6.45, 7) is 2.07. The van der Waals surface area contributed by atoms with Crippen molar-refractivity contribution < 1.29 is 14.3 Å². The topological polar surface area (TPSA) is 66.2 Å². The number of carbonyl (C=O) groups excluding carboxylic acids is 1. The highest BCUT2D eigenvalue weighted by Crippen LogP contribution is 2.22. The van der Waals surface area contributed by atoms with Crippen LogP contribution < -0.4 is 4.74 Å². The lowest BCUT2D eigenvalue weighted by molar-refractivity contribution is 0.0508. The van der Waals surface area contributed by atoms with E-state index >= 15 is 0 Å². The highest BCUT2D eigenvalue weighted by atomic mass is 16.5. The van der Waals surface area contributed by atoms with Crippen LogP contribution in [0, 0.1) is 0 Å². The molecule has 0 spiro atoms. The quantitative estimate of drug-likeness (QED) is 0.747. The van der Waals surface area contributed by atoms with Crippen molar-refractivity contribution in [1.82, 2.24) is 14.5 Å². The van der Waals surface area contributed by atoms with Crippen molar-refractivity contribution in [3.63, 3.8) is 0 Å². The maximum absolute atomic E-state index is 11.7. The highest BCUT2D eigenvalue weighted by Gasteiger charge is 2.18. The highest BCUT2D eigenvalue weighted by molar-refractivity contribution is 5.92. The number of esters is 1. The molecule has 0 fully saturated rings. The molecule has 2 heterocycles. The summed E-state index contributed by atoms with van der Waals surface area (Å²) in [5, 5.41) is 0. The van der Waals surface area contributed by atoms with Crippen LogP contribution in [-0.4, -0.2) is 34.2 Å². The van der Waals surface area contributed by atoms with E-state index < -0.39 is 5.97 Å². The zero-order chi connectivity index (χ0) is 12.4. The number of nitrogens with zero attached hydrogens (tertiary/aromatic N) is 3. The summed E-state index contributed by atoms with van der Waals surface area (Å²) in [6, 6.07) is 1.77. The molecule has 0 atom stereocenters. The van der Waals surface area contributed by atoms with Gasteiger partial charge < -0.3 is 14.0 Å². The van der Waals surface area contributed by atoms with Crippen LogP contribution in [0.5, 0.6) is 5.88 Å². The summed E-state index contributed by atoms with van der Waals surface area (Å²) in [6.07, 6.45) is 1.61. The Morgan fingerprint density at radius 1 is 1.53 bits per heavy atom. The molecule has 0 saturated carbocycles. The molecular weight excluding hydrogens is 222 g/mol.